The zero-order valence-electron chi connectivity index (χ0n) is 6.44. The van der Waals surface area contributed by atoms with Gasteiger partial charge in [-0.3, -0.25) is 0 Å². The summed E-state index contributed by atoms with van der Waals surface area (Å²) in [6.07, 6.45) is -0.991. The summed E-state index contributed by atoms with van der Waals surface area (Å²) in [6, 6.07) is 0. The molecule has 0 aliphatic carbocycles. The van der Waals surface area contributed by atoms with Gasteiger partial charge in [-0.1, -0.05) is 6.58 Å². The van der Waals surface area contributed by atoms with Gasteiger partial charge in [0.2, 0.25) is 0 Å². The highest BCUT2D eigenvalue weighted by Crippen LogP contribution is 2.11. The van der Waals surface area contributed by atoms with Gasteiger partial charge in [0.25, 0.3) is 0 Å². The highest BCUT2D eigenvalue weighted by atomic mass is 16.4. The Balaban J connectivity index is 4.61. The summed E-state index contributed by atoms with van der Waals surface area (Å²) in [4.78, 5) is 30.3. The first-order chi connectivity index (χ1) is 5.86. The standard InChI is InChI=1S/C7H8O6/c1-3(6(10)11)4(7(12)13)2-5(8)9/h4H,1-2H2,(H,8,9)(H,10,11)(H,12,13)/p-3. The molecule has 1 atom stereocenters. The molecule has 0 aliphatic heterocycles. The van der Waals surface area contributed by atoms with Crippen LogP contribution in [0.15, 0.2) is 12.2 Å². The van der Waals surface area contributed by atoms with Crippen LogP contribution in [0.1, 0.15) is 6.42 Å². The average Bonchev–Trinajstić information content (AvgIpc) is 1.97. The van der Waals surface area contributed by atoms with Crippen molar-refractivity contribution in [3.63, 3.8) is 0 Å². The van der Waals surface area contributed by atoms with Crippen molar-refractivity contribution in [2.45, 2.75) is 6.42 Å². The summed E-state index contributed by atoms with van der Waals surface area (Å²) in [5.41, 5.74) is -0.843. The first-order valence-electron chi connectivity index (χ1n) is 3.17. The molecule has 6 heteroatoms. The van der Waals surface area contributed by atoms with Gasteiger partial charge in [0.15, 0.2) is 0 Å². The van der Waals surface area contributed by atoms with Gasteiger partial charge in [0, 0.05) is 17.9 Å². The maximum absolute atomic E-state index is 10.2. The maximum atomic E-state index is 10.2. The lowest BCUT2D eigenvalue weighted by atomic mass is 9.97. The summed E-state index contributed by atoms with van der Waals surface area (Å²) in [6.45, 7) is 2.85. The number of rotatable bonds is 5. The third kappa shape index (κ3) is 3.37. The molecule has 0 heterocycles. The van der Waals surface area contributed by atoms with Gasteiger partial charge in [-0.05, 0) is 12.0 Å². The zero-order valence-corrected chi connectivity index (χ0v) is 6.44. The normalized spacial score (nSPS) is 11.7. The topological polar surface area (TPSA) is 120 Å². The number of aliphatic carboxylic acids is 3. The molecule has 0 bridgehead atoms. The molecule has 0 N–H and O–H groups in total. The Bertz CT molecular complexity index is 266. The first-order valence-corrected chi connectivity index (χ1v) is 3.17. The fourth-order valence-corrected chi connectivity index (χ4v) is 0.658. The molecule has 0 aliphatic rings. The maximum Gasteiger partial charge on any atom is 0.0675 e. The average molecular weight is 185 g/mol. The summed E-state index contributed by atoms with van der Waals surface area (Å²) in [5, 5.41) is 30.3. The van der Waals surface area contributed by atoms with Crippen LogP contribution in [0.5, 0.6) is 0 Å². The summed E-state index contributed by atoms with van der Waals surface area (Å²) >= 11 is 0. The van der Waals surface area contributed by atoms with Crippen LogP contribution in [0.2, 0.25) is 0 Å². The number of hydrogen-bond acceptors (Lipinski definition) is 6. The van der Waals surface area contributed by atoms with E-state index in [0.29, 0.717) is 0 Å². The van der Waals surface area contributed by atoms with E-state index in [0.717, 1.165) is 0 Å². The van der Waals surface area contributed by atoms with Crippen LogP contribution in [-0.4, -0.2) is 17.9 Å². The molecular weight excluding hydrogens is 180 g/mol. The Morgan fingerprint density at radius 3 is 1.85 bits per heavy atom. The van der Waals surface area contributed by atoms with Crippen LogP contribution in [0.25, 0.3) is 0 Å². The molecule has 0 fully saturated rings. The Morgan fingerprint density at radius 2 is 1.62 bits per heavy atom. The number of carboxylic acids is 3. The van der Waals surface area contributed by atoms with E-state index in [1.165, 1.54) is 0 Å². The SMILES string of the molecule is C=C(C(=O)[O-])C(CC(=O)[O-])C(=O)[O-]. The third-order valence-electron chi connectivity index (χ3n) is 1.34. The molecule has 1 unspecified atom stereocenters. The second kappa shape index (κ2) is 4.24. The van der Waals surface area contributed by atoms with Crippen LogP contribution in [0.3, 0.4) is 0 Å². The monoisotopic (exact) mass is 185 g/mol. The van der Waals surface area contributed by atoms with Crippen molar-refractivity contribution in [2.75, 3.05) is 0 Å². The second-order valence-corrected chi connectivity index (χ2v) is 2.26. The predicted molar refractivity (Wildman–Crippen MR) is 32.3 cm³/mol. The molecule has 0 saturated heterocycles. The number of carbonyl (C=O) groups is 3. The van der Waals surface area contributed by atoms with Gasteiger partial charge in [0.1, 0.15) is 0 Å². The van der Waals surface area contributed by atoms with Gasteiger partial charge in [-0.25, -0.2) is 0 Å². The summed E-state index contributed by atoms with van der Waals surface area (Å²) in [5.74, 6) is -7.17. The zero-order chi connectivity index (χ0) is 10.6. The lowest BCUT2D eigenvalue weighted by Gasteiger charge is -2.21. The predicted octanol–water partition coefficient (Wildman–Crippen LogP) is -4.20. The molecule has 72 valence electrons. The molecule has 0 aromatic carbocycles. The van der Waals surface area contributed by atoms with Crippen molar-refractivity contribution in [1.82, 2.24) is 0 Å². The smallest absolute Gasteiger partial charge is 0.0675 e. The fraction of sp³-hybridized carbons (Fsp3) is 0.286. The van der Waals surface area contributed by atoms with Crippen molar-refractivity contribution in [2.24, 2.45) is 5.92 Å². The van der Waals surface area contributed by atoms with Gasteiger partial charge in [-0.2, -0.15) is 0 Å². The second-order valence-electron chi connectivity index (χ2n) is 2.26. The molecular formula is C7H5O6-3. The lowest BCUT2D eigenvalue weighted by molar-refractivity contribution is -0.321. The highest BCUT2D eigenvalue weighted by Gasteiger charge is 2.14. The van der Waals surface area contributed by atoms with Gasteiger partial charge in [-0.15, -0.1) is 0 Å². The van der Waals surface area contributed by atoms with Gasteiger partial charge < -0.3 is 29.7 Å². The van der Waals surface area contributed by atoms with Crippen LogP contribution < -0.4 is 15.3 Å². The van der Waals surface area contributed by atoms with E-state index in [9.17, 15) is 29.7 Å². The van der Waals surface area contributed by atoms with Gasteiger partial charge in [0.05, 0.1) is 5.97 Å². The van der Waals surface area contributed by atoms with Crippen LogP contribution in [0, 0.1) is 5.92 Å². The highest BCUT2D eigenvalue weighted by molar-refractivity contribution is 5.93. The van der Waals surface area contributed by atoms with E-state index in [-0.39, 0.29) is 0 Å². The molecule has 0 rings (SSSR count). The Labute approximate surface area is 73.1 Å². The van der Waals surface area contributed by atoms with E-state index in [1.807, 2.05) is 0 Å². The van der Waals surface area contributed by atoms with Crippen LogP contribution >= 0.6 is 0 Å². The lowest BCUT2D eigenvalue weighted by Crippen LogP contribution is -2.41. The van der Waals surface area contributed by atoms with Crippen molar-refractivity contribution < 1.29 is 29.7 Å². The van der Waals surface area contributed by atoms with Crippen molar-refractivity contribution in [3.8, 4) is 0 Å². The van der Waals surface area contributed by atoms with E-state index in [4.69, 9.17) is 0 Å². The summed E-state index contributed by atoms with van der Waals surface area (Å²) < 4.78 is 0. The molecule has 0 aromatic heterocycles. The number of hydrogen-bond donors (Lipinski definition) is 0. The molecule has 0 spiro atoms. The minimum atomic E-state index is -1.83. The van der Waals surface area contributed by atoms with Crippen LogP contribution in [0.4, 0.5) is 0 Å². The molecule has 13 heavy (non-hydrogen) atoms. The minimum absolute atomic E-state index is 0.843. The van der Waals surface area contributed by atoms with E-state index in [2.05, 4.69) is 6.58 Å². The largest absolute Gasteiger partial charge is 0.550 e. The minimum Gasteiger partial charge on any atom is -0.550 e. The van der Waals surface area contributed by atoms with Crippen molar-refractivity contribution in [3.05, 3.63) is 12.2 Å². The Hall–Kier alpha value is -1.85. The third-order valence-corrected chi connectivity index (χ3v) is 1.34. The van der Waals surface area contributed by atoms with E-state index < -0.39 is 35.8 Å². The summed E-state index contributed by atoms with van der Waals surface area (Å²) in [7, 11) is 0. The Morgan fingerprint density at radius 1 is 1.15 bits per heavy atom. The first kappa shape index (κ1) is 11.2. The number of carboxylic acid groups (broad SMARTS) is 3. The molecule has 6 nitrogen and oxygen atoms in total. The molecule has 0 amide bonds. The molecule has 0 saturated carbocycles. The molecule has 0 aromatic rings. The number of carbonyl (C=O) groups excluding carboxylic acids is 3. The van der Waals surface area contributed by atoms with E-state index >= 15 is 0 Å². The van der Waals surface area contributed by atoms with E-state index in [1.54, 1.807) is 0 Å². The quantitative estimate of drug-likeness (QED) is 0.400. The molecule has 0 radical (unpaired) electrons. The van der Waals surface area contributed by atoms with Crippen molar-refractivity contribution >= 4 is 17.9 Å². The van der Waals surface area contributed by atoms with Gasteiger partial charge >= 0.3 is 0 Å². The van der Waals surface area contributed by atoms with Crippen LogP contribution in [-0.2, 0) is 14.4 Å². The van der Waals surface area contributed by atoms with Crippen molar-refractivity contribution in [1.29, 1.82) is 0 Å². The Kier molecular flexibility index (Phi) is 3.64. The fourth-order valence-electron chi connectivity index (χ4n) is 0.658.